The van der Waals surface area contributed by atoms with Crippen molar-refractivity contribution >= 4 is 36.4 Å². The predicted octanol–water partition coefficient (Wildman–Crippen LogP) is 2.95. The first kappa shape index (κ1) is 17.1. The van der Waals surface area contributed by atoms with Crippen molar-refractivity contribution in [2.45, 2.75) is 25.3 Å². The zero-order chi connectivity index (χ0) is 11.7. The van der Waals surface area contributed by atoms with Gasteiger partial charge in [0.2, 0.25) is 0 Å². The number of hydrogen-bond acceptors (Lipinski definition) is 2. The Morgan fingerprint density at radius 3 is 2.58 bits per heavy atom. The second kappa shape index (κ2) is 7.70. The molecule has 0 amide bonds. The molecule has 1 aromatic carbocycles. The van der Waals surface area contributed by atoms with Gasteiger partial charge in [-0.15, -0.1) is 24.8 Å². The van der Waals surface area contributed by atoms with E-state index in [4.69, 9.17) is 11.6 Å². The molecule has 2 aliphatic rings. The number of piperazine rings is 1. The van der Waals surface area contributed by atoms with Crippen molar-refractivity contribution in [2.24, 2.45) is 0 Å². The number of nitrogens with one attached hydrogen (secondary N) is 1. The molecule has 0 aromatic heterocycles. The maximum Gasteiger partial charge on any atom is 0.0408 e. The Labute approximate surface area is 132 Å². The van der Waals surface area contributed by atoms with Crippen LogP contribution in [0, 0.1) is 0 Å². The van der Waals surface area contributed by atoms with Crippen LogP contribution in [0.4, 0.5) is 0 Å². The van der Waals surface area contributed by atoms with Crippen molar-refractivity contribution in [1.82, 2.24) is 10.2 Å². The lowest BCUT2D eigenvalue weighted by molar-refractivity contribution is 0.159. The van der Waals surface area contributed by atoms with Gasteiger partial charge in [0, 0.05) is 37.2 Å². The smallest absolute Gasteiger partial charge is 0.0408 e. The van der Waals surface area contributed by atoms with Gasteiger partial charge in [-0.2, -0.15) is 0 Å². The third-order valence-electron chi connectivity index (χ3n) is 4.04. The molecule has 1 aromatic rings. The quantitative estimate of drug-likeness (QED) is 0.855. The number of nitrogens with zero attached hydrogens (tertiary/aromatic N) is 1. The van der Waals surface area contributed by atoms with Crippen molar-refractivity contribution in [3.8, 4) is 0 Å². The maximum absolute atomic E-state index is 6.04. The van der Waals surface area contributed by atoms with Gasteiger partial charge < -0.3 is 5.32 Å². The van der Waals surface area contributed by atoms with Gasteiger partial charge in [0.25, 0.3) is 0 Å². The highest BCUT2D eigenvalue weighted by Crippen LogP contribution is 2.27. The summed E-state index contributed by atoms with van der Waals surface area (Å²) in [6.07, 6.45) is 3.67. The average Bonchev–Trinajstić information content (AvgIpc) is 2.39. The van der Waals surface area contributed by atoms with E-state index in [1.54, 1.807) is 0 Å². The molecule has 1 fully saturated rings. The summed E-state index contributed by atoms with van der Waals surface area (Å²) in [6, 6.07) is 7.13. The van der Waals surface area contributed by atoms with Gasteiger partial charge in [0.05, 0.1) is 0 Å². The summed E-state index contributed by atoms with van der Waals surface area (Å²) in [4.78, 5) is 2.65. The normalized spacial score (nSPS) is 22.9. The first-order valence-electron chi connectivity index (χ1n) is 6.55. The van der Waals surface area contributed by atoms with Gasteiger partial charge in [0.1, 0.15) is 0 Å². The monoisotopic (exact) mass is 322 g/mol. The van der Waals surface area contributed by atoms with E-state index in [0.717, 1.165) is 24.2 Å². The molecule has 1 heterocycles. The fourth-order valence-electron chi connectivity index (χ4n) is 3.06. The molecule has 1 atom stereocenters. The molecule has 19 heavy (non-hydrogen) atoms. The van der Waals surface area contributed by atoms with Crippen LogP contribution >= 0.6 is 36.4 Å². The molecule has 0 radical (unpaired) electrons. The highest BCUT2D eigenvalue weighted by Gasteiger charge is 2.25. The van der Waals surface area contributed by atoms with Crippen LogP contribution in [0.15, 0.2) is 18.2 Å². The molecule has 1 aliphatic heterocycles. The minimum Gasteiger partial charge on any atom is -0.314 e. The zero-order valence-corrected chi connectivity index (χ0v) is 13.3. The molecular formula is C14H21Cl3N2. The van der Waals surface area contributed by atoms with Crippen LogP contribution in [0.2, 0.25) is 5.02 Å². The van der Waals surface area contributed by atoms with Crippen LogP contribution in [0.1, 0.15) is 17.5 Å². The van der Waals surface area contributed by atoms with E-state index in [1.165, 1.54) is 43.5 Å². The Balaban J connectivity index is 0.000000902. The summed E-state index contributed by atoms with van der Waals surface area (Å²) in [5.74, 6) is 0. The second-order valence-corrected chi connectivity index (χ2v) is 5.53. The standard InChI is InChI=1S/C14H19ClN2.2ClH/c15-13-3-1-12-10-14(4-2-11(12)9-13)17-7-5-16-6-8-17;;/h1,3,9,14,16H,2,4-8,10H2;2*1H. The van der Waals surface area contributed by atoms with E-state index >= 15 is 0 Å². The predicted molar refractivity (Wildman–Crippen MR) is 86.2 cm³/mol. The number of aryl methyl sites for hydroxylation is 1. The van der Waals surface area contributed by atoms with E-state index in [1.807, 2.05) is 6.07 Å². The third-order valence-corrected chi connectivity index (χ3v) is 4.27. The van der Waals surface area contributed by atoms with Crippen LogP contribution in [-0.4, -0.2) is 37.1 Å². The summed E-state index contributed by atoms with van der Waals surface area (Å²) < 4.78 is 0. The third kappa shape index (κ3) is 3.99. The van der Waals surface area contributed by atoms with Gasteiger partial charge in [0.15, 0.2) is 0 Å². The topological polar surface area (TPSA) is 15.3 Å². The minimum absolute atomic E-state index is 0. The van der Waals surface area contributed by atoms with Crippen molar-refractivity contribution in [3.05, 3.63) is 34.3 Å². The minimum atomic E-state index is 0. The van der Waals surface area contributed by atoms with Crippen LogP contribution in [0.25, 0.3) is 0 Å². The maximum atomic E-state index is 6.04. The van der Waals surface area contributed by atoms with Crippen LogP contribution in [-0.2, 0) is 12.8 Å². The lowest BCUT2D eigenvalue weighted by Crippen LogP contribution is -2.50. The Morgan fingerprint density at radius 2 is 1.84 bits per heavy atom. The molecule has 1 N–H and O–H groups in total. The molecule has 108 valence electrons. The number of halogens is 3. The van der Waals surface area contributed by atoms with Crippen LogP contribution in [0.3, 0.4) is 0 Å². The molecule has 5 heteroatoms. The lowest BCUT2D eigenvalue weighted by atomic mass is 9.87. The first-order chi connectivity index (χ1) is 8.33. The molecular weight excluding hydrogens is 303 g/mol. The van der Waals surface area contributed by atoms with E-state index in [-0.39, 0.29) is 24.8 Å². The summed E-state index contributed by atoms with van der Waals surface area (Å²) in [7, 11) is 0. The van der Waals surface area contributed by atoms with E-state index in [0.29, 0.717) is 0 Å². The van der Waals surface area contributed by atoms with Gasteiger partial charge in [-0.05, 0) is 42.5 Å². The molecule has 1 unspecified atom stereocenters. The Bertz CT molecular complexity index is 406. The van der Waals surface area contributed by atoms with Crippen molar-refractivity contribution in [1.29, 1.82) is 0 Å². The molecule has 0 saturated carbocycles. The summed E-state index contributed by atoms with van der Waals surface area (Å²) in [5, 5.41) is 4.30. The first-order valence-corrected chi connectivity index (χ1v) is 6.93. The number of benzene rings is 1. The van der Waals surface area contributed by atoms with Gasteiger partial charge in [-0.3, -0.25) is 4.90 Å². The molecule has 2 nitrogen and oxygen atoms in total. The summed E-state index contributed by atoms with van der Waals surface area (Å²) in [6.45, 7) is 4.69. The van der Waals surface area contributed by atoms with E-state index in [2.05, 4.69) is 22.3 Å². The fourth-order valence-corrected chi connectivity index (χ4v) is 3.26. The van der Waals surface area contributed by atoms with E-state index in [9.17, 15) is 0 Å². The SMILES string of the molecule is Cl.Cl.Clc1ccc2c(c1)CCC(N1CCNCC1)C2. The molecule has 0 spiro atoms. The van der Waals surface area contributed by atoms with Gasteiger partial charge in [-0.1, -0.05) is 17.7 Å². The van der Waals surface area contributed by atoms with Crippen molar-refractivity contribution in [3.63, 3.8) is 0 Å². The Morgan fingerprint density at radius 1 is 1.11 bits per heavy atom. The molecule has 1 saturated heterocycles. The number of hydrogen-bond donors (Lipinski definition) is 1. The Kier molecular flexibility index (Phi) is 6.92. The second-order valence-electron chi connectivity index (χ2n) is 5.10. The largest absolute Gasteiger partial charge is 0.314 e. The Hall–Kier alpha value is 0.01000. The fraction of sp³-hybridized carbons (Fsp3) is 0.571. The highest BCUT2D eigenvalue weighted by atomic mass is 35.5. The van der Waals surface area contributed by atoms with Crippen LogP contribution < -0.4 is 5.32 Å². The van der Waals surface area contributed by atoms with E-state index < -0.39 is 0 Å². The number of fused-ring (bicyclic) bond motifs is 1. The highest BCUT2D eigenvalue weighted by molar-refractivity contribution is 6.30. The van der Waals surface area contributed by atoms with Gasteiger partial charge in [-0.25, -0.2) is 0 Å². The van der Waals surface area contributed by atoms with Crippen molar-refractivity contribution in [2.75, 3.05) is 26.2 Å². The zero-order valence-electron chi connectivity index (χ0n) is 10.9. The molecule has 1 aliphatic carbocycles. The lowest BCUT2D eigenvalue weighted by Gasteiger charge is -2.37. The van der Waals surface area contributed by atoms with Gasteiger partial charge >= 0.3 is 0 Å². The molecule has 0 bridgehead atoms. The van der Waals surface area contributed by atoms with Crippen molar-refractivity contribution < 1.29 is 0 Å². The summed E-state index contributed by atoms with van der Waals surface area (Å²) in [5.41, 5.74) is 2.97. The van der Waals surface area contributed by atoms with Crippen LogP contribution in [0.5, 0.6) is 0 Å². The summed E-state index contributed by atoms with van der Waals surface area (Å²) >= 11 is 6.04. The average molecular weight is 324 g/mol. The number of rotatable bonds is 1. The molecule has 3 rings (SSSR count).